The van der Waals surface area contributed by atoms with Gasteiger partial charge in [0.25, 0.3) is 0 Å². The molecule has 0 atom stereocenters. The highest BCUT2D eigenvalue weighted by atomic mass is 19.1. The number of pyridine rings is 1. The van der Waals surface area contributed by atoms with Gasteiger partial charge < -0.3 is 10.2 Å². The number of hydrogen-bond donors (Lipinski definition) is 1. The molecule has 0 saturated carbocycles. The number of piperazine rings is 1. The van der Waals surface area contributed by atoms with Gasteiger partial charge >= 0.3 is 6.16 Å². The molecule has 0 radical (unpaired) electrons. The number of anilines is 2. The summed E-state index contributed by atoms with van der Waals surface area (Å²) in [5, 5.41) is 3.47. The third kappa shape index (κ3) is 2.24. The van der Waals surface area contributed by atoms with E-state index in [9.17, 15) is 9.18 Å². The number of fused-ring (bicyclic) bond motifs is 1. The predicted octanol–water partition coefficient (Wildman–Crippen LogP) is 1.72. The van der Waals surface area contributed by atoms with E-state index in [0.29, 0.717) is 18.8 Å². The number of carbonyl (C=O) groups is 1. The highest BCUT2D eigenvalue weighted by Gasteiger charge is 2.32. The number of nitrogens with zero attached hydrogens (tertiary/aromatic N) is 3. The molecular formula is C14H19FN4O. The molecule has 20 heavy (non-hydrogen) atoms. The maximum atomic E-state index is 13.0. The largest absolute Gasteiger partial charge is 0.405 e. The minimum atomic E-state index is -1.42. The van der Waals surface area contributed by atoms with E-state index < -0.39 is 6.16 Å². The van der Waals surface area contributed by atoms with E-state index in [4.69, 9.17) is 0 Å². The number of carbonyl (C=O) groups excluding carboxylic acids is 1. The third-order valence-corrected chi connectivity index (χ3v) is 3.97. The summed E-state index contributed by atoms with van der Waals surface area (Å²) < 4.78 is 13.0. The van der Waals surface area contributed by atoms with Crippen LogP contribution < -0.4 is 15.1 Å². The van der Waals surface area contributed by atoms with Gasteiger partial charge in [0.05, 0.1) is 0 Å². The number of aromatic nitrogens is 1. The second kappa shape index (κ2) is 4.70. The van der Waals surface area contributed by atoms with Crippen LogP contribution in [0.2, 0.25) is 0 Å². The Labute approximate surface area is 117 Å². The molecule has 0 unspecified atom stereocenters. The molecule has 1 aromatic heterocycles. The first-order chi connectivity index (χ1) is 9.48. The normalized spacial score (nSPS) is 20.9. The lowest BCUT2D eigenvalue weighted by Gasteiger charge is -2.41. The van der Waals surface area contributed by atoms with E-state index in [1.165, 1.54) is 0 Å². The van der Waals surface area contributed by atoms with E-state index >= 15 is 0 Å². The molecule has 0 spiro atoms. The molecule has 1 N–H and O–H groups in total. The summed E-state index contributed by atoms with van der Waals surface area (Å²) in [6, 6.07) is 1.96. The zero-order valence-corrected chi connectivity index (χ0v) is 11.8. The average Bonchev–Trinajstić information content (AvgIpc) is 2.81. The highest BCUT2D eigenvalue weighted by molar-refractivity contribution is 5.89. The van der Waals surface area contributed by atoms with Crippen molar-refractivity contribution < 1.29 is 9.18 Å². The van der Waals surface area contributed by atoms with Gasteiger partial charge in [-0.25, -0.2) is 9.78 Å². The fourth-order valence-electron chi connectivity index (χ4n) is 3.09. The fourth-order valence-corrected chi connectivity index (χ4v) is 3.09. The van der Waals surface area contributed by atoms with E-state index in [0.717, 1.165) is 35.8 Å². The van der Waals surface area contributed by atoms with Gasteiger partial charge in [0, 0.05) is 49.2 Å². The lowest BCUT2D eigenvalue weighted by Crippen LogP contribution is -2.57. The van der Waals surface area contributed by atoms with Gasteiger partial charge in [-0.05, 0) is 26.3 Å². The molecule has 6 heteroatoms. The maximum absolute atomic E-state index is 13.0. The van der Waals surface area contributed by atoms with Crippen molar-refractivity contribution in [1.82, 2.24) is 10.3 Å². The Morgan fingerprint density at radius 1 is 1.45 bits per heavy atom. The van der Waals surface area contributed by atoms with Crippen molar-refractivity contribution >= 4 is 17.7 Å². The van der Waals surface area contributed by atoms with Gasteiger partial charge in [-0.15, -0.1) is 4.39 Å². The van der Waals surface area contributed by atoms with Crippen LogP contribution in [-0.4, -0.2) is 42.9 Å². The van der Waals surface area contributed by atoms with Crippen LogP contribution in [0.25, 0.3) is 0 Å². The Bertz CT molecular complexity index is 546. The lowest BCUT2D eigenvalue weighted by atomic mass is 10.0. The van der Waals surface area contributed by atoms with Crippen LogP contribution in [0.5, 0.6) is 0 Å². The summed E-state index contributed by atoms with van der Waals surface area (Å²) >= 11 is 0. The second-order valence-electron chi connectivity index (χ2n) is 6.02. The molecule has 5 nitrogen and oxygen atoms in total. The number of nitrogens with one attached hydrogen (secondary N) is 1. The van der Waals surface area contributed by atoms with Crippen LogP contribution in [-0.2, 0) is 6.42 Å². The van der Waals surface area contributed by atoms with E-state index in [2.05, 4.69) is 29.0 Å². The Balaban J connectivity index is 1.94. The number of halogens is 1. The zero-order valence-electron chi connectivity index (χ0n) is 11.8. The molecule has 1 fully saturated rings. The molecular weight excluding hydrogens is 259 g/mol. The SMILES string of the molecule is CC1(C)CN(c2ccnc3c2CCN3C(=O)F)CCN1. The number of hydrogen-bond acceptors (Lipinski definition) is 4. The summed E-state index contributed by atoms with van der Waals surface area (Å²) in [6.07, 6.45) is 0.900. The smallest absolute Gasteiger partial charge is 0.368 e. The van der Waals surface area contributed by atoms with Gasteiger partial charge in [-0.2, -0.15) is 0 Å². The van der Waals surface area contributed by atoms with Gasteiger partial charge in [0.2, 0.25) is 0 Å². The van der Waals surface area contributed by atoms with Crippen LogP contribution in [0.15, 0.2) is 12.3 Å². The average molecular weight is 278 g/mol. The van der Waals surface area contributed by atoms with Crippen molar-refractivity contribution in [2.45, 2.75) is 25.8 Å². The number of amides is 1. The lowest BCUT2D eigenvalue weighted by molar-refractivity contribution is 0.228. The predicted molar refractivity (Wildman–Crippen MR) is 76.1 cm³/mol. The molecule has 1 amide bonds. The minimum Gasteiger partial charge on any atom is -0.368 e. The summed E-state index contributed by atoms with van der Waals surface area (Å²) in [5.41, 5.74) is 2.10. The molecule has 0 aromatic carbocycles. The van der Waals surface area contributed by atoms with Crippen molar-refractivity contribution in [2.75, 3.05) is 36.0 Å². The van der Waals surface area contributed by atoms with Gasteiger partial charge in [-0.1, -0.05) is 0 Å². The van der Waals surface area contributed by atoms with Gasteiger partial charge in [0.15, 0.2) is 0 Å². The molecule has 2 aliphatic rings. The minimum absolute atomic E-state index is 0.0442. The van der Waals surface area contributed by atoms with Crippen molar-refractivity contribution in [2.24, 2.45) is 0 Å². The summed E-state index contributed by atoms with van der Waals surface area (Å²) in [7, 11) is 0. The Hall–Kier alpha value is -1.69. The maximum Gasteiger partial charge on any atom is 0.405 e. The first kappa shape index (κ1) is 13.3. The zero-order chi connectivity index (χ0) is 14.3. The monoisotopic (exact) mass is 278 g/mol. The van der Waals surface area contributed by atoms with Crippen molar-refractivity contribution in [3.8, 4) is 0 Å². The quantitative estimate of drug-likeness (QED) is 0.628. The molecule has 3 rings (SSSR count). The molecule has 108 valence electrons. The first-order valence-corrected chi connectivity index (χ1v) is 6.93. The molecule has 2 aliphatic heterocycles. The summed E-state index contributed by atoms with van der Waals surface area (Å²) in [6.45, 7) is 7.41. The third-order valence-electron chi connectivity index (χ3n) is 3.97. The van der Waals surface area contributed by atoms with Crippen LogP contribution in [0.1, 0.15) is 19.4 Å². The highest BCUT2D eigenvalue weighted by Crippen LogP contribution is 2.35. The fraction of sp³-hybridized carbons (Fsp3) is 0.571. The van der Waals surface area contributed by atoms with Crippen molar-refractivity contribution in [3.05, 3.63) is 17.8 Å². The molecule has 1 saturated heterocycles. The Morgan fingerprint density at radius 3 is 2.95 bits per heavy atom. The van der Waals surface area contributed by atoms with Crippen LogP contribution in [0.3, 0.4) is 0 Å². The van der Waals surface area contributed by atoms with Crippen LogP contribution >= 0.6 is 0 Å². The van der Waals surface area contributed by atoms with Gasteiger partial charge in [0.1, 0.15) is 5.82 Å². The van der Waals surface area contributed by atoms with Gasteiger partial charge in [-0.3, -0.25) is 4.90 Å². The van der Waals surface area contributed by atoms with Crippen LogP contribution in [0, 0.1) is 0 Å². The summed E-state index contributed by atoms with van der Waals surface area (Å²) in [5.74, 6) is 0.478. The first-order valence-electron chi connectivity index (χ1n) is 6.93. The van der Waals surface area contributed by atoms with E-state index in [1.807, 2.05) is 6.07 Å². The standard InChI is InChI=1S/C14H19FN4O/c1-14(2)9-18(8-6-17-14)11-3-5-16-12-10(11)4-7-19(12)13(15)20/h3,5,17H,4,6-9H2,1-2H3. The summed E-state index contributed by atoms with van der Waals surface area (Å²) in [4.78, 5) is 18.6. The molecule has 1 aromatic rings. The van der Waals surface area contributed by atoms with Crippen molar-refractivity contribution in [1.29, 1.82) is 0 Å². The Kier molecular flexibility index (Phi) is 3.12. The van der Waals surface area contributed by atoms with E-state index in [-0.39, 0.29) is 5.54 Å². The van der Waals surface area contributed by atoms with Crippen LogP contribution in [0.4, 0.5) is 20.7 Å². The Morgan fingerprint density at radius 2 is 2.25 bits per heavy atom. The molecule has 0 bridgehead atoms. The molecule has 3 heterocycles. The molecule has 0 aliphatic carbocycles. The second-order valence-corrected chi connectivity index (χ2v) is 6.02. The van der Waals surface area contributed by atoms with E-state index in [1.54, 1.807) is 6.20 Å². The number of rotatable bonds is 1. The van der Waals surface area contributed by atoms with Crippen molar-refractivity contribution in [3.63, 3.8) is 0 Å². The topological polar surface area (TPSA) is 48.5 Å².